The third kappa shape index (κ3) is 3.16. The van der Waals surface area contributed by atoms with Crippen LogP contribution in [0.4, 0.5) is 4.79 Å². The van der Waals surface area contributed by atoms with E-state index in [0.717, 1.165) is 10.0 Å². The molecule has 1 aliphatic heterocycles. The Kier molecular flexibility index (Phi) is 5.24. The van der Waals surface area contributed by atoms with Gasteiger partial charge in [-0.3, -0.25) is 4.90 Å². The van der Waals surface area contributed by atoms with Crippen LogP contribution in [0, 0.1) is 0 Å². The van der Waals surface area contributed by atoms with Crippen LogP contribution in [-0.4, -0.2) is 30.1 Å². The van der Waals surface area contributed by atoms with Gasteiger partial charge in [-0.05, 0) is 38.5 Å². The number of ether oxygens (including phenoxy) is 1. The number of amides is 2. The summed E-state index contributed by atoms with van der Waals surface area (Å²) in [6.45, 7) is 6.19. The molecule has 2 amide bonds. The number of rotatable bonds is 4. The fourth-order valence-corrected chi connectivity index (χ4v) is 2.99. The van der Waals surface area contributed by atoms with Crippen LogP contribution in [0.15, 0.2) is 40.0 Å². The summed E-state index contributed by atoms with van der Waals surface area (Å²) in [6, 6.07) is 6.82. The van der Waals surface area contributed by atoms with Gasteiger partial charge in [0, 0.05) is 16.7 Å². The maximum absolute atomic E-state index is 12.4. The maximum atomic E-state index is 12.4. The highest BCUT2D eigenvalue weighted by atomic mass is 79.9. The first kappa shape index (κ1) is 16.5. The fraction of sp³-hybridized carbons (Fsp3) is 0.375. The van der Waals surface area contributed by atoms with Crippen molar-refractivity contribution in [2.24, 2.45) is 0 Å². The summed E-state index contributed by atoms with van der Waals surface area (Å²) in [6.07, 6.45) is 0. The number of esters is 1. The number of benzene rings is 1. The highest BCUT2D eigenvalue weighted by Gasteiger charge is 2.35. The molecule has 22 heavy (non-hydrogen) atoms. The van der Waals surface area contributed by atoms with Crippen LogP contribution < -0.4 is 5.32 Å². The fourth-order valence-electron chi connectivity index (χ4n) is 2.57. The summed E-state index contributed by atoms with van der Waals surface area (Å²) in [7, 11) is 0. The molecule has 0 saturated carbocycles. The molecule has 2 rings (SSSR count). The van der Waals surface area contributed by atoms with Gasteiger partial charge in [-0.1, -0.05) is 28.1 Å². The summed E-state index contributed by atoms with van der Waals surface area (Å²) >= 11 is 3.42. The molecule has 1 atom stereocenters. The summed E-state index contributed by atoms with van der Waals surface area (Å²) in [4.78, 5) is 26.2. The van der Waals surface area contributed by atoms with E-state index in [1.54, 1.807) is 18.7 Å². The Balaban J connectivity index is 2.53. The molecule has 0 aromatic heterocycles. The number of halogens is 1. The maximum Gasteiger partial charge on any atom is 0.338 e. The molecule has 5 nitrogen and oxygen atoms in total. The molecule has 1 aliphatic rings. The first-order valence-corrected chi connectivity index (χ1v) is 8.00. The summed E-state index contributed by atoms with van der Waals surface area (Å²) < 4.78 is 6.06. The van der Waals surface area contributed by atoms with Crippen LogP contribution >= 0.6 is 15.9 Å². The Morgan fingerprint density at radius 3 is 2.73 bits per heavy atom. The first-order valence-electron chi connectivity index (χ1n) is 7.21. The van der Waals surface area contributed by atoms with E-state index < -0.39 is 12.0 Å². The van der Waals surface area contributed by atoms with Crippen LogP contribution in [0.2, 0.25) is 0 Å². The Morgan fingerprint density at radius 2 is 2.14 bits per heavy atom. The molecule has 118 valence electrons. The number of nitrogens with one attached hydrogen (secondary N) is 1. The van der Waals surface area contributed by atoms with Crippen molar-refractivity contribution in [1.29, 1.82) is 0 Å². The monoisotopic (exact) mass is 366 g/mol. The average Bonchev–Trinajstić information content (AvgIpc) is 2.47. The van der Waals surface area contributed by atoms with Crippen LogP contribution in [0.25, 0.3) is 0 Å². The molecule has 0 spiro atoms. The SMILES string of the molecule is CCOC(=O)C1=C(C)N(CC)C(=O)N[C@H]1c1cccc(Br)c1. The Bertz CT molecular complexity index is 628. The number of carbonyl (C=O) groups is 2. The molecule has 1 N–H and O–H groups in total. The van der Waals surface area contributed by atoms with Gasteiger partial charge in [-0.15, -0.1) is 0 Å². The molecule has 1 aromatic carbocycles. The zero-order valence-corrected chi connectivity index (χ0v) is 14.4. The molecule has 0 saturated heterocycles. The van der Waals surface area contributed by atoms with E-state index >= 15 is 0 Å². The minimum atomic E-state index is -0.508. The number of carbonyl (C=O) groups excluding carboxylic acids is 2. The van der Waals surface area contributed by atoms with Crippen molar-refractivity contribution in [2.45, 2.75) is 26.8 Å². The third-order valence-corrected chi connectivity index (χ3v) is 4.08. The van der Waals surface area contributed by atoms with Gasteiger partial charge in [0.15, 0.2) is 0 Å². The van der Waals surface area contributed by atoms with E-state index in [0.29, 0.717) is 24.4 Å². The van der Waals surface area contributed by atoms with Crippen LogP contribution in [0.1, 0.15) is 32.4 Å². The Labute approximate surface area is 138 Å². The molecular formula is C16H19BrN2O3. The van der Waals surface area contributed by atoms with Gasteiger partial charge in [-0.2, -0.15) is 0 Å². The lowest BCUT2D eigenvalue weighted by Crippen LogP contribution is -2.47. The minimum absolute atomic E-state index is 0.210. The quantitative estimate of drug-likeness (QED) is 0.831. The van der Waals surface area contributed by atoms with E-state index in [1.165, 1.54) is 0 Å². The van der Waals surface area contributed by atoms with Crippen molar-refractivity contribution < 1.29 is 14.3 Å². The highest BCUT2D eigenvalue weighted by Crippen LogP contribution is 2.32. The lowest BCUT2D eigenvalue weighted by Gasteiger charge is -2.34. The van der Waals surface area contributed by atoms with Crippen molar-refractivity contribution in [2.75, 3.05) is 13.2 Å². The molecule has 0 radical (unpaired) electrons. The van der Waals surface area contributed by atoms with Crippen LogP contribution in [0.3, 0.4) is 0 Å². The zero-order valence-electron chi connectivity index (χ0n) is 12.9. The van der Waals surface area contributed by atoms with Crippen molar-refractivity contribution in [1.82, 2.24) is 10.2 Å². The molecule has 6 heteroatoms. The van der Waals surface area contributed by atoms with E-state index in [9.17, 15) is 9.59 Å². The highest BCUT2D eigenvalue weighted by molar-refractivity contribution is 9.10. The van der Waals surface area contributed by atoms with Crippen molar-refractivity contribution in [3.8, 4) is 0 Å². The normalized spacial score (nSPS) is 18.3. The number of hydrogen-bond acceptors (Lipinski definition) is 3. The number of allylic oxidation sites excluding steroid dienone is 1. The van der Waals surface area contributed by atoms with Gasteiger partial charge in [-0.25, -0.2) is 9.59 Å². The second kappa shape index (κ2) is 6.96. The molecule has 0 bridgehead atoms. The van der Waals surface area contributed by atoms with Gasteiger partial charge in [0.05, 0.1) is 18.2 Å². The summed E-state index contributed by atoms with van der Waals surface area (Å²) in [5.41, 5.74) is 1.94. The molecular weight excluding hydrogens is 348 g/mol. The van der Waals surface area contributed by atoms with E-state index in [1.807, 2.05) is 31.2 Å². The largest absolute Gasteiger partial charge is 0.463 e. The molecule has 0 unspecified atom stereocenters. The summed E-state index contributed by atoms with van der Waals surface area (Å²) in [5.74, 6) is -0.400. The van der Waals surface area contributed by atoms with Gasteiger partial charge in [0.2, 0.25) is 0 Å². The average molecular weight is 367 g/mol. The van der Waals surface area contributed by atoms with Gasteiger partial charge < -0.3 is 10.1 Å². The third-order valence-electron chi connectivity index (χ3n) is 3.59. The van der Waals surface area contributed by atoms with Gasteiger partial charge in [0.1, 0.15) is 0 Å². The second-order valence-corrected chi connectivity index (χ2v) is 5.82. The zero-order chi connectivity index (χ0) is 16.3. The molecule has 0 fully saturated rings. The van der Waals surface area contributed by atoms with Crippen LogP contribution in [0.5, 0.6) is 0 Å². The Hall–Kier alpha value is -1.82. The predicted molar refractivity (Wildman–Crippen MR) is 87.1 cm³/mol. The Morgan fingerprint density at radius 1 is 1.41 bits per heavy atom. The van der Waals surface area contributed by atoms with Crippen LogP contribution in [-0.2, 0) is 9.53 Å². The smallest absolute Gasteiger partial charge is 0.338 e. The minimum Gasteiger partial charge on any atom is -0.463 e. The lowest BCUT2D eigenvalue weighted by molar-refractivity contribution is -0.139. The standard InChI is InChI=1S/C16H19BrN2O3/c1-4-19-10(3)13(15(20)22-5-2)14(18-16(19)21)11-7-6-8-12(17)9-11/h6-9,14H,4-5H2,1-3H3,(H,18,21)/t14-/m0/s1. The van der Waals surface area contributed by atoms with Crippen molar-refractivity contribution in [3.05, 3.63) is 45.6 Å². The predicted octanol–water partition coefficient (Wildman–Crippen LogP) is 3.37. The summed E-state index contributed by atoms with van der Waals surface area (Å²) in [5, 5.41) is 2.89. The number of hydrogen-bond donors (Lipinski definition) is 1. The number of urea groups is 1. The van der Waals surface area contributed by atoms with E-state index in [-0.39, 0.29) is 6.03 Å². The van der Waals surface area contributed by atoms with Crippen molar-refractivity contribution in [3.63, 3.8) is 0 Å². The topological polar surface area (TPSA) is 58.6 Å². The second-order valence-electron chi connectivity index (χ2n) is 4.90. The van der Waals surface area contributed by atoms with Gasteiger partial charge >= 0.3 is 12.0 Å². The number of nitrogens with zero attached hydrogens (tertiary/aromatic N) is 1. The molecule has 1 aromatic rings. The van der Waals surface area contributed by atoms with E-state index in [2.05, 4.69) is 21.2 Å². The van der Waals surface area contributed by atoms with Gasteiger partial charge in [0.25, 0.3) is 0 Å². The molecule has 1 heterocycles. The van der Waals surface area contributed by atoms with E-state index in [4.69, 9.17) is 4.74 Å². The molecule has 0 aliphatic carbocycles. The van der Waals surface area contributed by atoms with Crippen molar-refractivity contribution >= 4 is 27.9 Å². The lowest BCUT2D eigenvalue weighted by atomic mass is 9.95. The first-order chi connectivity index (χ1) is 10.5.